The number of carbonyl (C=O) groups is 2. The summed E-state index contributed by atoms with van der Waals surface area (Å²) in [5.41, 5.74) is 2.32. The first-order chi connectivity index (χ1) is 16.7. The van der Waals surface area contributed by atoms with Gasteiger partial charge >= 0.3 is 0 Å². The van der Waals surface area contributed by atoms with Gasteiger partial charge in [0.15, 0.2) is 5.69 Å². The average molecular weight is 495 g/mol. The average Bonchev–Trinajstić information content (AvgIpc) is 3.37. The molecule has 1 atom stereocenters. The summed E-state index contributed by atoms with van der Waals surface area (Å²) in [7, 11) is 1.71. The Bertz CT molecular complexity index is 1200. The first-order valence-corrected chi connectivity index (χ1v) is 12.7. The summed E-state index contributed by atoms with van der Waals surface area (Å²) in [5.74, 6) is -0.379. The maximum atomic E-state index is 13.4. The molecule has 2 amide bonds. The Morgan fingerprint density at radius 1 is 1.26 bits per heavy atom. The number of hydrogen-bond donors (Lipinski definition) is 2. The van der Waals surface area contributed by atoms with Crippen LogP contribution in [0.3, 0.4) is 0 Å². The van der Waals surface area contributed by atoms with Crippen LogP contribution in [0.25, 0.3) is 0 Å². The second-order valence-corrected chi connectivity index (χ2v) is 11.7. The highest BCUT2D eigenvalue weighted by atomic mass is 32.2. The zero-order chi connectivity index (χ0) is 24.8. The molecular formula is C25H30N6O3S. The number of rotatable bonds is 7. The third kappa shape index (κ3) is 4.94. The first-order valence-electron chi connectivity index (χ1n) is 12.0. The lowest BCUT2D eigenvalue weighted by molar-refractivity contribution is 0.0720. The fourth-order valence-corrected chi connectivity index (χ4v) is 6.46. The van der Waals surface area contributed by atoms with Crippen molar-refractivity contribution in [1.82, 2.24) is 24.3 Å². The van der Waals surface area contributed by atoms with Crippen molar-refractivity contribution in [2.45, 2.75) is 49.5 Å². The molecule has 9 nitrogen and oxygen atoms in total. The Labute approximate surface area is 209 Å². The van der Waals surface area contributed by atoms with E-state index in [1.807, 2.05) is 24.0 Å². The highest BCUT2D eigenvalue weighted by Gasteiger charge is 2.50. The van der Waals surface area contributed by atoms with Crippen LogP contribution in [0, 0.1) is 11.3 Å². The van der Waals surface area contributed by atoms with E-state index < -0.39 is 5.60 Å². The molecule has 1 aliphatic carbocycles. The van der Waals surface area contributed by atoms with Crippen LogP contribution in [-0.4, -0.2) is 72.4 Å². The van der Waals surface area contributed by atoms with Gasteiger partial charge in [0.2, 0.25) is 0 Å². The quantitative estimate of drug-likeness (QED) is 0.565. The molecule has 1 saturated carbocycles. The number of aryl methyl sites for hydroxylation is 1. The zero-order valence-electron chi connectivity index (χ0n) is 20.1. The highest BCUT2D eigenvalue weighted by Crippen LogP contribution is 2.52. The Morgan fingerprint density at radius 2 is 2.00 bits per heavy atom. The summed E-state index contributed by atoms with van der Waals surface area (Å²) in [6, 6.07) is 9.13. The van der Waals surface area contributed by atoms with Crippen molar-refractivity contribution in [1.29, 1.82) is 5.26 Å². The predicted molar refractivity (Wildman–Crippen MR) is 132 cm³/mol. The molecule has 2 N–H and O–H groups in total. The van der Waals surface area contributed by atoms with Gasteiger partial charge in [0, 0.05) is 50.1 Å². The second-order valence-electron chi connectivity index (χ2n) is 10.2. The van der Waals surface area contributed by atoms with Gasteiger partial charge in [0.05, 0.1) is 17.2 Å². The summed E-state index contributed by atoms with van der Waals surface area (Å²) >= 11 is 1.80. The van der Waals surface area contributed by atoms with E-state index in [4.69, 9.17) is 5.26 Å². The second kappa shape index (κ2) is 8.97. The number of aliphatic hydroxyl groups is 1. The van der Waals surface area contributed by atoms with Crippen LogP contribution >= 0.6 is 11.9 Å². The Balaban J connectivity index is 1.24. The Morgan fingerprint density at radius 3 is 2.63 bits per heavy atom. The molecule has 1 saturated heterocycles. The molecule has 1 aromatic carbocycles. The predicted octanol–water partition coefficient (Wildman–Crippen LogP) is 1.86. The lowest BCUT2D eigenvalue weighted by atomic mass is 10.0. The molecule has 2 aliphatic heterocycles. The molecular weight excluding hydrogens is 464 g/mol. The van der Waals surface area contributed by atoms with E-state index >= 15 is 0 Å². The number of β-amino-alcohol motifs (C(OH)–C–C–N with tert-alkyl or cyclic N) is 1. The number of nitrogens with zero attached hydrogens (tertiary/aromatic N) is 5. The van der Waals surface area contributed by atoms with Crippen LogP contribution in [0.2, 0.25) is 0 Å². The number of benzene rings is 1. The summed E-state index contributed by atoms with van der Waals surface area (Å²) in [6.07, 6.45) is 3.48. The number of amides is 2. The van der Waals surface area contributed by atoms with E-state index in [9.17, 15) is 14.7 Å². The molecule has 0 radical (unpaired) electrons. The topological polar surface area (TPSA) is 114 Å². The highest BCUT2D eigenvalue weighted by molar-refractivity contribution is 7.98. The maximum absolute atomic E-state index is 13.4. The van der Waals surface area contributed by atoms with Gasteiger partial charge in [0.1, 0.15) is 5.69 Å². The summed E-state index contributed by atoms with van der Waals surface area (Å²) in [4.78, 5) is 28.2. The van der Waals surface area contributed by atoms with Crippen LogP contribution in [0.1, 0.15) is 63.9 Å². The van der Waals surface area contributed by atoms with Gasteiger partial charge < -0.3 is 15.3 Å². The zero-order valence-corrected chi connectivity index (χ0v) is 20.9. The lowest BCUT2D eigenvalue weighted by Crippen LogP contribution is -2.44. The van der Waals surface area contributed by atoms with Crippen LogP contribution in [-0.2, 0) is 20.0 Å². The first kappa shape index (κ1) is 23.9. The lowest BCUT2D eigenvalue weighted by Gasteiger charge is -2.32. The monoisotopic (exact) mass is 494 g/mol. The van der Waals surface area contributed by atoms with Crippen LogP contribution in [0.4, 0.5) is 0 Å². The van der Waals surface area contributed by atoms with Crippen molar-refractivity contribution in [2.75, 3.05) is 26.2 Å². The standard InChI is InChI=1S/C25H30N6O3S/c1-24(34)10-12-31(15-24)35-25(8-9-25)16-30-11-7-19-20(28-29(2)21(19)23(30)33)22(32)27-14-18-5-3-17(13-26)4-6-18/h3-6,34H,7-12,14-16H2,1-2H3,(H,27,32). The van der Waals surface area contributed by atoms with Crippen molar-refractivity contribution >= 4 is 23.8 Å². The van der Waals surface area contributed by atoms with Gasteiger partial charge in [-0.3, -0.25) is 14.3 Å². The van der Waals surface area contributed by atoms with E-state index in [1.54, 1.807) is 31.1 Å². The summed E-state index contributed by atoms with van der Waals surface area (Å²) in [5, 5.41) is 26.5. The van der Waals surface area contributed by atoms with Gasteiger partial charge in [-0.1, -0.05) is 24.1 Å². The van der Waals surface area contributed by atoms with Gasteiger partial charge in [-0.15, -0.1) is 0 Å². The van der Waals surface area contributed by atoms with E-state index in [0.29, 0.717) is 55.1 Å². The molecule has 3 heterocycles. The van der Waals surface area contributed by atoms with Crippen molar-refractivity contribution in [2.24, 2.45) is 7.05 Å². The number of hydrogen-bond acceptors (Lipinski definition) is 7. The third-order valence-corrected chi connectivity index (χ3v) is 8.54. The minimum atomic E-state index is -0.634. The van der Waals surface area contributed by atoms with Gasteiger partial charge in [-0.05, 0) is 50.3 Å². The van der Waals surface area contributed by atoms with Crippen molar-refractivity contribution in [3.8, 4) is 6.07 Å². The maximum Gasteiger partial charge on any atom is 0.272 e. The molecule has 3 aliphatic rings. The van der Waals surface area contributed by atoms with Gasteiger partial charge in [-0.2, -0.15) is 10.4 Å². The SMILES string of the molecule is Cn1nc(C(=O)NCc2ccc(C#N)cc2)c2c1C(=O)N(CC1(SN3CCC(C)(O)C3)CC1)CC2. The van der Waals surface area contributed by atoms with E-state index in [-0.39, 0.29) is 16.6 Å². The number of nitrogens with one attached hydrogen (secondary N) is 1. The summed E-state index contributed by atoms with van der Waals surface area (Å²) < 4.78 is 3.80. The van der Waals surface area contributed by atoms with Gasteiger partial charge in [0.25, 0.3) is 11.8 Å². The largest absolute Gasteiger partial charge is 0.389 e. The molecule has 2 fully saturated rings. The molecule has 0 spiro atoms. The van der Waals surface area contributed by atoms with Crippen LogP contribution in [0.15, 0.2) is 24.3 Å². The number of carbonyl (C=O) groups excluding carboxylic acids is 2. The van der Waals surface area contributed by atoms with E-state index in [0.717, 1.165) is 31.4 Å². The van der Waals surface area contributed by atoms with E-state index in [1.165, 1.54) is 4.68 Å². The molecule has 184 valence electrons. The summed E-state index contributed by atoms with van der Waals surface area (Å²) in [6.45, 7) is 4.94. The number of aromatic nitrogens is 2. The molecule has 35 heavy (non-hydrogen) atoms. The van der Waals surface area contributed by atoms with Crippen molar-refractivity contribution in [3.63, 3.8) is 0 Å². The molecule has 10 heteroatoms. The Hall–Kier alpha value is -2.87. The molecule has 1 aromatic heterocycles. The van der Waals surface area contributed by atoms with Gasteiger partial charge in [-0.25, -0.2) is 4.31 Å². The third-order valence-electron chi connectivity index (χ3n) is 7.04. The number of fused-ring (bicyclic) bond motifs is 1. The van der Waals surface area contributed by atoms with Crippen LogP contribution in [0.5, 0.6) is 0 Å². The molecule has 1 unspecified atom stereocenters. The van der Waals surface area contributed by atoms with Crippen molar-refractivity contribution < 1.29 is 14.7 Å². The van der Waals surface area contributed by atoms with Crippen LogP contribution < -0.4 is 5.32 Å². The Kier molecular flexibility index (Phi) is 6.11. The molecule has 5 rings (SSSR count). The fraction of sp³-hybridized carbons (Fsp3) is 0.520. The molecule has 0 bridgehead atoms. The normalized spacial score (nSPS) is 23.1. The smallest absolute Gasteiger partial charge is 0.272 e. The minimum absolute atomic E-state index is 0.0213. The van der Waals surface area contributed by atoms with E-state index in [2.05, 4.69) is 20.8 Å². The van der Waals surface area contributed by atoms with Crippen molar-refractivity contribution in [3.05, 3.63) is 52.3 Å². The number of nitriles is 1. The fourth-order valence-electron chi connectivity index (χ4n) is 4.89. The molecule has 2 aromatic rings. The minimum Gasteiger partial charge on any atom is -0.389 e.